The second-order valence-corrected chi connectivity index (χ2v) is 7.82. The second kappa shape index (κ2) is 8.70. The number of hydrogen-bond acceptors (Lipinski definition) is 3. The molecule has 2 heterocycles. The van der Waals surface area contributed by atoms with Crippen molar-refractivity contribution in [3.05, 3.63) is 51.2 Å². The molecule has 1 fully saturated rings. The molecule has 0 saturated carbocycles. The molecule has 1 aliphatic heterocycles. The molecule has 4 nitrogen and oxygen atoms in total. The first-order valence-corrected chi connectivity index (χ1v) is 9.93. The van der Waals surface area contributed by atoms with E-state index in [9.17, 15) is 4.79 Å². The monoisotopic (exact) mass is 379 g/mol. The molecule has 3 rings (SSSR count). The molecule has 0 aliphatic carbocycles. The van der Waals surface area contributed by atoms with Crippen molar-refractivity contribution < 1.29 is 14.4 Å². The maximum Gasteiger partial charge on any atom is 0.258 e. The van der Waals surface area contributed by atoms with Crippen LogP contribution in [0, 0.1) is 6.92 Å². The number of hydrogen-bond donors (Lipinski definition) is 2. The maximum absolute atomic E-state index is 12.2. The third kappa shape index (κ3) is 4.97. The molecule has 1 aliphatic rings. The number of benzene rings is 1. The van der Waals surface area contributed by atoms with Gasteiger partial charge in [-0.15, -0.1) is 11.3 Å². The van der Waals surface area contributed by atoms with Crippen LogP contribution in [0.1, 0.15) is 29.3 Å². The molecule has 1 saturated heterocycles. The Hall–Kier alpha value is -1.56. The van der Waals surface area contributed by atoms with E-state index in [4.69, 9.17) is 16.3 Å². The van der Waals surface area contributed by atoms with Gasteiger partial charge in [0.15, 0.2) is 6.61 Å². The second-order valence-electron chi connectivity index (χ2n) is 6.44. The Balaban J connectivity index is 1.51. The number of nitrogens with one attached hydrogen (secondary N) is 2. The van der Waals surface area contributed by atoms with Crippen LogP contribution in [-0.2, 0) is 4.79 Å². The van der Waals surface area contributed by atoms with Gasteiger partial charge in [0.1, 0.15) is 11.8 Å². The van der Waals surface area contributed by atoms with Crippen LogP contribution in [0.4, 0.5) is 0 Å². The highest BCUT2D eigenvalue weighted by Gasteiger charge is 2.28. The molecule has 25 heavy (non-hydrogen) atoms. The van der Waals surface area contributed by atoms with Crippen LogP contribution >= 0.6 is 22.9 Å². The number of carbonyl (C=O) groups is 1. The average Bonchev–Trinajstić information content (AvgIpc) is 3.30. The standard InChI is InChI=1S/C19H23ClN2O2S/c1-14-11-15(6-7-16(14)20)24-13-19(23)21-12-17(18-5-4-10-25-18)22-8-2-3-9-22/h4-7,10-11,17H,2-3,8-9,12-13H2,1H3,(H,21,23)/p+1/t17-/m1/s1. The summed E-state index contributed by atoms with van der Waals surface area (Å²) in [6.07, 6.45) is 2.54. The van der Waals surface area contributed by atoms with Crippen LogP contribution in [0.3, 0.4) is 0 Å². The van der Waals surface area contributed by atoms with Gasteiger partial charge in [-0.1, -0.05) is 17.7 Å². The molecule has 2 aromatic rings. The molecule has 0 unspecified atom stereocenters. The summed E-state index contributed by atoms with van der Waals surface area (Å²) in [6, 6.07) is 10.00. The first-order valence-electron chi connectivity index (χ1n) is 8.67. The summed E-state index contributed by atoms with van der Waals surface area (Å²) in [7, 11) is 0. The van der Waals surface area contributed by atoms with E-state index in [0.29, 0.717) is 23.4 Å². The van der Waals surface area contributed by atoms with E-state index in [1.165, 1.54) is 30.8 Å². The average molecular weight is 380 g/mol. The van der Waals surface area contributed by atoms with E-state index < -0.39 is 0 Å². The molecule has 1 amide bonds. The van der Waals surface area contributed by atoms with Crippen molar-refractivity contribution in [3.63, 3.8) is 0 Å². The summed E-state index contributed by atoms with van der Waals surface area (Å²) < 4.78 is 5.58. The largest absolute Gasteiger partial charge is 0.484 e. The molecular formula is C19H24ClN2O2S+. The quantitative estimate of drug-likeness (QED) is 0.776. The third-order valence-corrected chi connectivity index (χ3v) is 6.04. The Labute approximate surface area is 157 Å². The van der Waals surface area contributed by atoms with Gasteiger partial charge in [0, 0.05) is 17.9 Å². The zero-order chi connectivity index (χ0) is 17.6. The van der Waals surface area contributed by atoms with Gasteiger partial charge in [-0.3, -0.25) is 4.79 Å². The van der Waals surface area contributed by atoms with Crippen molar-refractivity contribution >= 4 is 28.8 Å². The van der Waals surface area contributed by atoms with Crippen LogP contribution in [0.2, 0.25) is 5.02 Å². The van der Waals surface area contributed by atoms with Gasteiger partial charge in [-0.25, -0.2) is 0 Å². The smallest absolute Gasteiger partial charge is 0.258 e. The van der Waals surface area contributed by atoms with Crippen LogP contribution in [0.5, 0.6) is 5.75 Å². The third-order valence-electron chi connectivity index (χ3n) is 4.63. The molecule has 2 N–H and O–H groups in total. The molecular weight excluding hydrogens is 356 g/mol. The fraction of sp³-hybridized carbons (Fsp3) is 0.421. The molecule has 1 aromatic carbocycles. The minimum Gasteiger partial charge on any atom is -0.484 e. The van der Waals surface area contributed by atoms with E-state index in [1.54, 1.807) is 28.4 Å². The predicted molar refractivity (Wildman–Crippen MR) is 102 cm³/mol. The number of aryl methyl sites for hydroxylation is 1. The van der Waals surface area contributed by atoms with E-state index >= 15 is 0 Å². The number of rotatable bonds is 7. The Morgan fingerprint density at radius 1 is 1.36 bits per heavy atom. The first-order chi connectivity index (χ1) is 12.1. The minimum absolute atomic E-state index is 0.0214. The highest BCUT2D eigenvalue weighted by molar-refractivity contribution is 7.10. The van der Waals surface area contributed by atoms with Gasteiger partial charge in [0.25, 0.3) is 5.91 Å². The summed E-state index contributed by atoms with van der Waals surface area (Å²) in [5, 5.41) is 5.84. The van der Waals surface area contributed by atoms with Crippen LogP contribution in [-0.4, -0.2) is 32.1 Å². The fourth-order valence-electron chi connectivity index (χ4n) is 3.24. The molecule has 0 radical (unpaired) electrons. The zero-order valence-electron chi connectivity index (χ0n) is 14.4. The lowest BCUT2D eigenvalue weighted by molar-refractivity contribution is -0.918. The fourth-order valence-corrected chi connectivity index (χ4v) is 4.24. The normalized spacial score (nSPS) is 15.9. The highest BCUT2D eigenvalue weighted by Crippen LogP contribution is 2.21. The number of thiophene rings is 1. The van der Waals surface area contributed by atoms with E-state index in [0.717, 1.165) is 5.56 Å². The lowest BCUT2D eigenvalue weighted by Crippen LogP contribution is -3.11. The van der Waals surface area contributed by atoms with Crippen LogP contribution in [0.25, 0.3) is 0 Å². The molecule has 1 atom stereocenters. The van der Waals surface area contributed by atoms with Crippen molar-refractivity contribution in [3.8, 4) is 5.75 Å². The summed E-state index contributed by atoms with van der Waals surface area (Å²) in [6.45, 7) is 4.95. The van der Waals surface area contributed by atoms with Crippen LogP contribution in [0.15, 0.2) is 35.7 Å². The van der Waals surface area contributed by atoms with Crippen LogP contribution < -0.4 is 15.0 Å². The van der Waals surface area contributed by atoms with Gasteiger partial charge >= 0.3 is 0 Å². The number of halogens is 1. The van der Waals surface area contributed by atoms with E-state index in [2.05, 4.69) is 22.8 Å². The van der Waals surface area contributed by atoms with Gasteiger partial charge in [-0.2, -0.15) is 0 Å². The van der Waals surface area contributed by atoms with E-state index in [1.807, 2.05) is 13.0 Å². The number of carbonyl (C=O) groups excluding carboxylic acids is 1. The Morgan fingerprint density at radius 2 is 2.16 bits per heavy atom. The zero-order valence-corrected chi connectivity index (χ0v) is 16.0. The molecule has 1 aromatic heterocycles. The lowest BCUT2D eigenvalue weighted by Gasteiger charge is -2.24. The Kier molecular flexibility index (Phi) is 6.34. The Bertz CT molecular complexity index is 699. The predicted octanol–water partition coefficient (Wildman–Crippen LogP) is 2.62. The number of ether oxygens (including phenoxy) is 1. The van der Waals surface area contributed by atoms with Gasteiger partial charge in [0.2, 0.25) is 0 Å². The lowest BCUT2D eigenvalue weighted by atomic mass is 10.2. The first kappa shape index (κ1) is 18.2. The summed E-state index contributed by atoms with van der Waals surface area (Å²) >= 11 is 7.77. The van der Waals surface area contributed by atoms with Gasteiger partial charge < -0.3 is 15.0 Å². The van der Waals surface area contributed by atoms with Gasteiger partial charge in [0.05, 0.1) is 24.5 Å². The maximum atomic E-state index is 12.2. The van der Waals surface area contributed by atoms with E-state index in [-0.39, 0.29) is 12.5 Å². The summed E-state index contributed by atoms with van der Waals surface area (Å²) in [4.78, 5) is 15.1. The highest BCUT2D eigenvalue weighted by atomic mass is 35.5. The minimum atomic E-state index is -0.0900. The molecule has 134 valence electrons. The Morgan fingerprint density at radius 3 is 2.84 bits per heavy atom. The van der Waals surface area contributed by atoms with Crippen molar-refractivity contribution in [2.24, 2.45) is 0 Å². The number of quaternary nitrogens is 1. The van der Waals surface area contributed by atoms with Crippen molar-refractivity contribution in [1.29, 1.82) is 0 Å². The number of likely N-dealkylation sites (tertiary alicyclic amines) is 1. The number of amides is 1. The van der Waals surface area contributed by atoms with Crippen molar-refractivity contribution in [1.82, 2.24) is 5.32 Å². The summed E-state index contributed by atoms with van der Waals surface area (Å²) in [5.74, 6) is 0.574. The van der Waals surface area contributed by atoms with Crippen molar-refractivity contribution in [2.45, 2.75) is 25.8 Å². The summed E-state index contributed by atoms with van der Waals surface area (Å²) in [5.41, 5.74) is 0.940. The SMILES string of the molecule is Cc1cc(OCC(=O)NC[C@H](c2cccs2)[NH+]2CCCC2)ccc1Cl. The topological polar surface area (TPSA) is 42.8 Å². The molecule has 0 bridgehead atoms. The van der Waals surface area contributed by atoms with Gasteiger partial charge in [-0.05, 0) is 42.1 Å². The van der Waals surface area contributed by atoms with Crippen molar-refractivity contribution in [2.75, 3.05) is 26.2 Å². The molecule has 0 spiro atoms. The molecule has 6 heteroatoms.